The first-order valence-corrected chi connectivity index (χ1v) is 6.02. The molecular weight excluding hydrogens is 263 g/mol. The van der Waals surface area contributed by atoms with Gasteiger partial charge in [-0.3, -0.25) is 9.59 Å². The van der Waals surface area contributed by atoms with Crippen LogP contribution < -0.4 is 10.6 Å². The van der Waals surface area contributed by atoms with E-state index >= 15 is 0 Å². The van der Waals surface area contributed by atoms with E-state index in [4.69, 9.17) is 23.2 Å². The molecule has 0 aromatic carbocycles. The number of carbonyl (C=O) groups excluding carboxylic acids is 2. The van der Waals surface area contributed by atoms with Crippen molar-refractivity contribution in [1.29, 1.82) is 0 Å². The van der Waals surface area contributed by atoms with Crippen LogP contribution in [0.2, 0.25) is 0 Å². The van der Waals surface area contributed by atoms with Crippen LogP contribution in [0.5, 0.6) is 0 Å². The van der Waals surface area contributed by atoms with Crippen LogP contribution >= 0.6 is 23.2 Å². The quantitative estimate of drug-likeness (QED) is 0.768. The molecule has 6 heteroatoms. The molecule has 2 amide bonds. The van der Waals surface area contributed by atoms with Gasteiger partial charge in [-0.25, -0.2) is 0 Å². The van der Waals surface area contributed by atoms with E-state index < -0.39 is 10.8 Å². The average molecular weight is 279 g/mol. The average Bonchev–Trinajstić information content (AvgIpc) is 2.73. The molecule has 1 aliphatic rings. The third kappa shape index (κ3) is 1.74. The summed E-state index contributed by atoms with van der Waals surface area (Å²) in [6, 6.07) is 0. The lowest BCUT2D eigenvalue weighted by Crippen LogP contribution is -2.44. The zero-order chi connectivity index (χ0) is 13.4. The lowest BCUT2D eigenvalue weighted by Gasteiger charge is -2.17. The molecule has 2 atom stereocenters. The highest BCUT2D eigenvalue weighted by Gasteiger charge is 2.78. The number of halogens is 2. The molecule has 1 fully saturated rings. The van der Waals surface area contributed by atoms with E-state index in [0.29, 0.717) is 0 Å². The highest BCUT2D eigenvalue weighted by Crippen LogP contribution is 2.70. The summed E-state index contributed by atoms with van der Waals surface area (Å²) in [6.07, 6.45) is 1.56. The molecule has 4 nitrogen and oxygen atoms in total. The van der Waals surface area contributed by atoms with Gasteiger partial charge in [-0.1, -0.05) is 37.0 Å². The second-order valence-corrected chi connectivity index (χ2v) is 5.41. The van der Waals surface area contributed by atoms with Crippen molar-refractivity contribution in [3.63, 3.8) is 0 Å². The summed E-state index contributed by atoms with van der Waals surface area (Å²) >= 11 is 11.3. The SMILES string of the molecule is CNC(=O)C1(C(=O)NC)C(C)C1(C)C=C(Cl)Cl. The van der Waals surface area contributed by atoms with Crippen molar-refractivity contribution in [3.05, 3.63) is 10.6 Å². The van der Waals surface area contributed by atoms with Crippen molar-refractivity contribution in [1.82, 2.24) is 10.6 Å². The van der Waals surface area contributed by atoms with E-state index in [1.807, 2.05) is 6.92 Å². The third-order valence-electron chi connectivity index (χ3n) is 3.89. The van der Waals surface area contributed by atoms with Crippen LogP contribution in [0.4, 0.5) is 0 Å². The molecule has 0 heterocycles. The standard InChI is InChI=1S/C11H16Cl2N2O2/c1-6-10(2,5-7(12)13)11(6,8(16)14-3)9(17)15-4/h5-6H,1-4H3,(H,14,16)(H,15,17). The Labute approximate surface area is 111 Å². The van der Waals surface area contributed by atoms with Crippen molar-refractivity contribution < 1.29 is 9.59 Å². The van der Waals surface area contributed by atoms with Crippen molar-refractivity contribution in [2.45, 2.75) is 13.8 Å². The summed E-state index contributed by atoms with van der Waals surface area (Å²) in [4.78, 5) is 24.0. The molecule has 2 unspecified atom stereocenters. The molecule has 0 radical (unpaired) electrons. The van der Waals surface area contributed by atoms with Crippen LogP contribution in [0, 0.1) is 16.7 Å². The Hall–Kier alpha value is -0.740. The highest BCUT2D eigenvalue weighted by molar-refractivity contribution is 6.56. The second kappa shape index (κ2) is 4.50. The predicted molar refractivity (Wildman–Crippen MR) is 67.6 cm³/mol. The van der Waals surface area contributed by atoms with Gasteiger partial charge in [0, 0.05) is 19.5 Å². The summed E-state index contributed by atoms with van der Waals surface area (Å²) in [6.45, 7) is 3.63. The van der Waals surface area contributed by atoms with Crippen LogP contribution in [-0.4, -0.2) is 25.9 Å². The summed E-state index contributed by atoms with van der Waals surface area (Å²) in [5.41, 5.74) is -1.79. The minimum absolute atomic E-state index is 0.0639. The molecule has 0 aromatic rings. The van der Waals surface area contributed by atoms with E-state index in [2.05, 4.69) is 10.6 Å². The van der Waals surface area contributed by atoms with Crippen LogP contribution in [0.25, 0.3) is 0 Å². The molecule has 17 heavy (non-hydrogen) atoms. The fourth-order valence-electron chi connectivity index (χ4n) is 2.71. The summed E-state index contributed by atoms with van der Waals surface area (Å²) in [7, 11) is 3.01. The summed E-state index contributed by atoms with van der Waals surface area (Å²) in [5.74, 6) is -0.808. The summed E-state index contributed by atoms with van der Waals surface area (Å²) in [5, 5.41) is 5.05. The van der Waals surface area contributed by atoms with E-state index in [1.54, 1.807) is 13.0 Å². The molecule has 2 N–H and O–H groups in total. The topological polar surface area (TPSA) is 58.2 Å². The molecule has 0 bridgehead atoms. The Bertz CT molecular complexity index is 375. The maximum Gasteiger partial charge on any atom is 0.236 e. The van der Waals surface area contributed by atoms with Gasteiger partial charge in [0.15, 0.2) is 0 Å². The van der Waals surface area contributed by atoms with Gasteiger partial charge in [0.05, 0.1) is 0 Å². The Morgan fingerprint density at radius 2 is 1.59 bits per heavy atom. The van der Waals surface area contributed by atoms with E-state index in [0.717, 1.165) is 0 Å². The van der Waals surface area contributed by atoms with Gasteiger partial charge >= 0.3 is 0 Å². The Morgan fingerprint density at radius 3 is 1.88 bits per heavy atom. The van der Waals surface area contributed by atoms with Gasteiger partial charge in [0.2, 0.25) is 11.8 Å². The van der Waals surface area contributed by atoms with Gasteiger partial charge in [0.25, 0.3) is 0 Å². The normalized spacial score (nSPS) is 29.2. The predicted octanol–water partition coefficient (Wildman–Crippen LogP) is 1.44. The molecule has 1 rings (SSSR count). The number of nitrogens with one attached hydrogen (secondary N) is 2. The van der Waals surface area contributed by atoms with Gasteiger partial charge in [-0.05, 0) is 12.0 Å². The highest BCUT2D eigenvalue weighted by atomic mass is 35.5. The van der Waals surface area contributed by atoms with Crippen LogP contribution in [0.15, 0.2) is 10.6 Å². The maximum atomic E-state index is 12.0. The first-order valence-electron chi connectivity index (χ1n) is 5.27. The molecule has 1 saturated carbocycles. The zero-order valence-corrected chi connectivity index (χ0v) is 11.7. The van der Waals surface area contributed by atoms with Gasteiger partial charge in [0.1, 0.15) is 9.91 Å². The van der Waals surface area contributed by atoms with Crippen LogP contribution in [0.1, 0.15) is 13.8 Å². The van der Waals surface area contributed by atoms with E-state index in [9.17, 15) is 9.59 Å². The fourth-order valence-corrected chi connectivity index (χ4v) is 3.17. The van der Waals surface area contributed by atoms with Gasteiger partial charge in [-0.15, -0.1) is 0 Å². The lowest BCUT2D eigenvalue weighted by atomic mass is 9.92. The minimum Gasteiger partial charge on any atom is -0.358 e. The number of rotatable bonds is 3. The Kier molecular flexibility index (Phi) is 3.79. The first kappa shape index (κ1) is 14.3. The molecule has 1 aliphatic carbocycles. The molecule has 0 saturated heterocycles. The van der Waals surface area contributed by atoms with Gasteiger partial charge in [-0.2, -0.15) is 0 Å². The van der Waals surface area contributed by atoms with Crippen molar-refractivity contribution in [2.75, 3.05) is 14.1 Å². The molecule has 0 aromatic heterocycles. The number of allylic oxidation sites excluding steroid dienone is 1. The summed E-state index contributed by atoms with van der Waals surface area (Å²) < 4.78 is 0.0639. The monoisotopic (exact) mass is 278 g/mol. The number of hydrogen-bond donors (Lipinski definition) is 2. The molecule has 0 spiro atoms. The first-order chi connectivity index (χ1) is 7.78. The Balaban J connectivity index is 3.26. The third-order valence-corrected chi connectivity index (χ3v) is 4.11. The Morgan fingerprint density at radius 1 is 1.18 bits per heavy atom. The van der Waals surface area contributed by atoms with Crippen molar-refractivity contribution >= 4 is 35.0 Å². The van der Waals surface area contributed by atoms with Crippen LogP contribution in [0.3, 0.4) is 0 Å². The smallest absolute Gasteiger partial charge is 0.236 e. The number of amides is 2. The van der Waals surface area contributed by atoms with Crippen LogP contribution in [-0.2, 0) is 9.59 Å². The number of hydrogen-bond acceptors (Lipinski definition) is 2. The van der Waals surface area contributed by atoms with Crippen molar-refractivity contribution in [3.8, 4) is 0 Å². The molecule has 96 valence electrons. The fraction of sp³-hybridized carbons (Fsp3) is 0.636. The zero-order valence-electron chi connectivity index (χ0n) is 10.2. The van der Waals surface area contributed by atoms with E-state index in [1.165, 1.54) is 14.1 Å². The number of carbonyl (C=O) groups is 2. The second-order valence-electron chi connectivity index (χ2n) is 4.40. The van der Waals surface area contributed by atoms with Crippen molar-refractivity contribution in [2.24, 2.45) is 16.7 Å². The maximum absolute atomic E-state index is 12.0. The molecule has 0 aliphatic heterocycles. The van der Waals surface area contributed by atoms with E-state index in [-0.39, 0.29) is 22.2 Å². The van der Waals surface area contributed by atoms with Gasteiger partial charge < -0.3 is 10.6 Å². The lowest BCUT2D eigenvalue weighted by molar-refractivity contribution is -0.138. The molecular formula is C11H16Cl2N2O2. The minimum atomic E-state index is -1.13. The largest absolute Gasteiger partial charge is 0.358 e.